The molecule has 0 aromatic carbocycles. The van der Waals surface area contributed by atoms with Crippen molar-refractivity contribution in [3.05, 3.63) is 11.8 Å². The lowest BCUT2D eigenvalue weighted by molar-refractivity contribution is 0.433. The van der Waals surface area contributed by atoms with Gasteiger partial charge in [0.25, 0.3) is 0 Å². The molecule has 0 aromatic rings. The molecule has 0 aromatic heterocycles. The summed E-state index contributed by atoms with van der Waals surface area (Å²) in [7, 11) is 3.44. The largest absolute Gasteiger partial charge is 0.317 e. The van der Waals surface area contributed by atoms with E-state index in [1.54, 1.807) is 0 Å². The average molecular weight is 228 g/mol. The molecule has 0 spiro atoms. The normalized spacial score (nSPS) is 14.3. The molecule has 0 radical (unpaired) electrons. The van der Waals surface area contributed by atoms with Gasteiger partial charge in [-0.15, -0.1) is 0 Å². The van der Waals surface area contributed by atoms with E-state index in [1.165, 1.54) is 32.4 Å². The molecule has 0 aliphatic rings. The Morgan fingerprint density at radius 2 is 1.67 bits per heavy atom. The van der Waals surface area contributed by atoms with Gasteiger partial charge in [-0.05, 0) is 33.6 Å². The summed E-state index contributed by atoms with van der Waals surface area (Å²) < 4.78 is 5.01. The third kappa shape index (κ3) is 6.13. The predicted octanol–water partition coefficient (Wildman–Crippen LogP) is 2.40. The van der Waals surface area contributed by atoms with Crippen LogP contribution in [0.1, 0.15) is 40.0 Å². The van der Waals surface area contributed by atoms with E-state index in [9.17, 15) is 0 Å². The molecule has 1 unspecified atom stereocenters. The highest BCUT2D eigenvalue weighted by atomic mass is 28.3. The Bertz CT molecular complexity index is 165. The fourth-order valence-electron chi connectivity index (χ4n) is 1.76. The Hall–Kier alpha value is -0.123. The van der Waals surface area contributed by atoms with Crippen LogP contribution in [-0.4, -0.2) is 45.4 Å². The SMILES string of the molecule is CCCCC=C[SiH](N(C)C)N(CC)CC. The first-order valence-electron chi connectivity index (χ1n) is 6.24. The van der Waals surface area contributed by atoms with E-state index >= 15 is 0 Å². The fourth-order valence-corrected chi connectivity index (χ4v) is 4.18. The Morgan fingerprint density at radius 3 is 2.07 bits per heavy atom. The van der Waals surface area contributed by atoms with Gasteiger partial charge in [-0.25, -0.2) is 0 Å². The molecule has 0 bridgehead atoms. The number of hydrogen-bond donors (Lipinski definition) is 0. The van der Waals surface area contributed by atoms with Gasteiger partial charge in [0.05, 0.1) is 0 Å². The number of nitrogens with zero attached hydrogens (tertiary/aromatic N) is 2. The summed E-state index contributed by atoms with van der Waals surface area (Å²) in [5.74, 6) is 0. The van der Waals surface area contributed by atoms with Gasteiger partial charge in [0.15, 0.2) is 0 Å². The highest BCUT2D eigenvalue weighted by Crippen LogP contribution is 2.02. The molecule has 0 saturated heterocycles. The molecule has 90 valence electrons. The predicted molar refractivity (Wildman–Crippen MR) is 72.4 cm³/mol. The lowest BCUT2D eigenvalue weighted by Crippen LogP contribution is -2.48. The van der Waals surface area contributed by atoms with Gasteiger partial charge >= 0.3 is 0 Å². The minimum Gasteiger partial charge on any atom is -0.317 e. The molecule has 0 rings (SSSR count). The number of hydrogen-bond acceptors (Lipinski definition) is 2. The molecule has 0 fully saturated rings. The van der Waals surface area contributed by atoms with Gasteiger partial charge in [-0.1, -0.05) is 45.4 Å². The van der Waals surface area contributed by atoms with E-state index in [4.69, 9.17) is 0 Å². The van der Waals surface area contributed by atoms with E-state index in [1.807, 2.05) is 0 Å². The number of rotatable bonds is 8. The lowest BCUT2D eigenvalue weighted by Gasteiger charge is -2.30. The average Bonchev–Trinajstić information content (AvgIpc) is 2.22. The van der Waals surface area contributed by atoms with Crippen molar-refractivity contribution < 1.29 is 0 Å². The van der Waals surface area contributed by atoms with E-state index in [2.05, 4.69) is 55.8 Å². The van der Waals surface area contributed by atoms with Crippen LogP contribution in [0.4, 0.5) is 0 Å². The number of unbranched alkanes of at least 4 members (excludes halogenated alkanes) is 2. The molecule has 0 amide bonds. The van der Waals surface area contributed by atoms with E-state index in [0.717, 1.165) is 0 Å². The molecule has 0 aliphatic heterocycles. The Morgan fingerprint density at radius 1 is 1.07 bits per heavy atom. The molecule has 15 heavy (non-hydrogen) atoms. The summed E-state index contributed by atoms with van der Waals surface area (Å²) in [4.78, 5) is 0. The van der Waals surface area contributed by atoms with Crippen molar-refractivity contribution in [1.29, 1.82) is 0 Å². The Kier molecular flexibility index (Phi) is 9.05. The van der Waals surface area contributed by atoms with Gasteiger partial charge in [-0.3, -0.25) is 0 Å². The van der Waals surface area contributed by atoms with Crippen molar-refractivity contribution in [2.24, 2.45) is 0 Å². The molecule has 0 aliphatic carbocycles. The van der Waals surface area contributed by atoms with Crippen LogP contribution >= 0.6 is 0 Å². The zero-order valence-electron chi connectivity index (χ0n) is 11.2. The second-order valence-electron chi connectivity index (χ2n) is 4.17. The van der Waals surface area contributed by atoms with Crippen molar-refractivity contribution in [1.82, 2.24) is 9.13 Å². The quantitative estimate of drug-likeness (QED) is 0.465. The van der Waals surface area contributed by atoms with Crippen LogP contribution in [0.2, 0.25) is 0 Å². The molecular formula is C12H28N2Si. The second-order valence-corrected chi connectivity index (χ2v) is 7.14. The van der Waals surface area contributed by atoms with E-state index < -0.39 is 9.12 Å². The second kappa shape index (κ2) is 9.13. The minimum absolute atomic E-state index is 0.979. The van der Waals surface area contributed by atoms with E-state index in [-0.39, 0.29) is 0 Å². The van der Waals surface area contributed by atoms with Crippen molar-refractivity contribution in [3.8, 4) is 0 Å². The van der Waals surface area contributed by atoms with Crippen LogP contribution in [0, 0.1) is 0 Å². The van der Waals surface area contributed by atoms with Crippen LogP contribution in [-0.2, 0) is 0 Å². The fraction of sp³-hybridized carbons (Fsp3) is 0.833. The summed E-state index contributed by atoms with van der Waals surface area (Å²) in [6.45, 7) is 9.10. The van der Waals surface area contributed by atoms with Gasteiger partial charge in [0, 0.05) is 0 Å². The minimum atomic E-state index is -0.979. The van der Waals surface area contributed by atoms with Gasteiger partial charge in [0.1, 0.15) is 0 Å². The van der Waals surface area contributed by atoms with Gasteiger partial charge < -0.3 is 9.13 Å². The standard InChI is InChI=1S/C12H28N2Si/c1-6-9-10-11-12-15(13(4)5)14(7-2)8-3/h11-12,15H,6-10H2,1-5H3. The third-order valence-corrected chi connectivity index (χ3v) is 5.90. The lowest BCUT2D eigenvalue weighted by atomic mass is 10.2. The molecule has 3 heteroatoms. The van der Waals surface area contributed by atoms with E-state index in [0.29, 0.717) is 0 Å². The maximum Gasteiger partial charge on any atom is 0.214 e. The maximum atomic E-state index is 2.60. The summed E-state index contributed by atoms with van der Waals surface area (Å²) in [6, 6.07) is 0. The van der Waals surface area contributed by atoms with Crippen LogP contribution in [0.5, 0.6) is 0 Å². The molecule has 0 N–H and O–H groups in total. The summed E-state index contributed by atoms with van der Waals surface area (Å²) in [5.41, 5.74) is 2.47. The molecular weight excluding hydrogens is 200 g/mol. The van der Waals surface area contributed by atoms with Crippen molar-refractivity contribution in [2.45, 2.75) is 40.0 Å². The first-order chi connectivity index (χ1) is 7.17. The smallest absolute Gasteiger partial charge is 0.214 e. The van der Waals surface area contributed by atoms with Crippen molar-refractivity contribution >= 4 is 9.12 Å². The molecule has 0 saturated carbocycles. The van der Waals surface area contributed by atoms with Crippen LogP contribution in [0.15, 0.2) is 11.8 Å². The zero-order chi connectivity index (χ0) is 11.7. The first-order valence-corrected chi connectivity index (χ1v) is 7.94. The molecule has 2 nitrogen and oxygen atoms in total. The summed E-state index contributed by atoms with van der Waals surface area (Å²) in [6.07, 6.45) is 6.25. The maximum absolute atomic E-state index is 2.60. The van der Waals surface area contributed by atoms with Crippen LogP contribution in [0.3, 0.4) is 0 Å². The highest BCUT2D eigenvalue weighted by molar-refractivity contribution is 6.58. The Balaban J connectivity index is 4.19. The monoisotopic (exact) mass is 228 g/mol. The van der Waals surface area contributed by atoms with Crippen LogP contribution < -0.4 is 0 Å². The summed E-state index contributed by atoms with van der Waals surface area (Å²) in [5, 5.41) is 0. The highest BCUT2D eigenvalue weighted by Gasteiger charge is 2.16. The Labute approximate surface area is 97.7 Å². The third-order valence-electron chi connectivity index (χ3n) is 2.75. The van der Waals surface area contributed by atoms with Crippen LogP contribution in [0.25, 0.3) is 0 Å². The summed E-state index contributed by atoms with van der Waals surface area (Å²) >= 11 is 0. The number of allylic oxidation sites excluding steroid dienone is 1. The van der Waals surface area contributed by atoms with Gasteiger partial charge in [-0.2, -0.15) is 0 Å². The molecule has 1 atom stereocenters. The zero-order valence-corrected chi connectivity index (χ0v) is 12.3. The molecule has 0 heterocycles. The first kappa shape index (κ1) is 14.9. The van der Waals surface area contributed by atoms with Gasteiger partial charge in [0.2, 0.25) is 9.12 Å². The van der Waals surface area contributed by atoms with Crippen molar-refractivity contribution in [3.63, 3.8) is 0 Å². The van der Waals surface area contributed by atoms with Crippen molar-refractivity contribution in [2.75, 3.05) is 27.2 Å². The topological polar surface area (TPSA) is 6.48 Å².